The van der Waals surface area contributed by atoms with Crippen LogP contribution in [0.4, 0.5) is 21.6 Å². The number of hydrogen-bond donors (Lipinski definition) is 4. The molecule has 0 spiro atoms. The number of carbonyl (C=O) groups is 2. The lowest BCUT2D eigenvalue weighted by Gasteiger charge is -2.34. The van der Waals surface area contributed by atoms with Crippen LogP contribution in [0.25, 0.3) is 11.4 Å². The standard InChI is InChI=1S/C34H46FN9O2/c1-3-34(33(46)40-24-8-5-4-6-9-24)14-17-44(21-34)29-18-27(38-22(2)39-29)28-20-37-31(41-28)32(45)42-26-11-7-10-25(35)30(26)43-15-12-23(19-36)13-16-43/h7,10-11,18,20,23-24H,3-6,8-9,12-17,19,21,36H2,1-2H3,(H,37,41)(H,40,46)(H,42,45)/t34-/m1/s1. The zero-order valence-electron chi connectivity index (χ0n) is 26.9. The third kappa shape index (κ3) is 6.72. The number of anilines is 3. The second-order valence-corrected chi connectivity index (χ2v) is 13.2. The minimum Gasteiger partial charge on any atom is -0.367 e. The Bertz CT molecular complexity index is 1550. The number of aromatic nitrogens is 4. The van der Waals surface area contributed by atoms with Gasteiger partial charge in [-0.3, -0.25) is 9.59 Å². The Labute approximate surface area is 270 Å². The molecular formula is C34H46FN9O2. The molecule has 0 unspecified atom stereocenters. The molecule has 2 aliphatic heterocycles. The number of para-hydroxylation sites is 1. The molecule has 2 saturated heterocycles. The zero-order valence-corrected chi connectivity index (χ0v) is 26.9. The number of halogens is 1. The molecule has 11 nitrogen and oxygen atoms in total. The van der Waals surface area contributed by atoms with Gasteiger partial charge < -0.3 is 31.2 Å². The van der Waals surface area contributed by atoms with Crippen molar-refractivity contribution in [3.63, 3.8) is 0 Å². The van der Waals surface area contributed by atoms with Crippen LogP contribution in [0.5, 0.6) is 0 Å². The van der Waals surface area contributed by atoms with Gasteiger partial charge in [0.15, 0.2) is 5.82 Å². The average Bonchev–Trinajstić information content (AvgIpc) is 3.75. The summed E-state index contributed by atoms with van der Waals surface area (Å²) in [6, 6.07) is 6.86. The van der Waals surface area contributed by atoms with Gasteiger partial charge in [0.25, 0.3) is 5.91 Å². The van der Waals surface area contributed by atoms with E-state index in [-0.39, 0.29) is 23.6 Å². The Morgan fingerprint density at radius 3 is 2.61 bits per heavy atom. The quantitative estimate of drug-likeness (QED) is 0.264. The Kier molecular flexibility index (Phi) is 9.53. The summed E-state index contributed by atoms with van der Waals surface area (Å²) in [5, 5.41) is 6.22. The fraction of sp³-hybridized carbons (Fsp3) is 0.559. The van der Waals surface area contributed by atoms with E-state index in [9.17, 15) is 9.59 Å². The van der Waals surface area contributed by atoms with Gasteiger partial charge in [0.05, 0.1) is 34.4 Å². The summed E-state index contributed by atoms with van der Waals surface area (Å²) in [6.45, 7) is 7.21. The van der Waals surface area contributed by atoms with E-state index < -0.39 is 11.3 Å². The van der Waals surface area contributed by atoms with E-state index in [0.29, 0.717) is 60.7 Å². The molecule has 0 radical (unpaired) electrons. The number of carbonyl (C=O) groups excluding carboxylic acids is 2. The van der Waals surface area contributed by atoms with Crippen LogP contribution in [0.2, 0.25) is 0 Å². The number of nitrogens with one attached hydrogen (secondary N) is 3. The molecule has 6 rings (SSSR count). The number of aryl methyl sites for hydroxylation is 1. The van der Waals surface area contributed by atoms with Crippen LogP contribution in [0, 0.1) is 24.1 Å². The summed E-state index contributed by atoms with van der Waals surface area (Å²) < 4.78 is 15.0. The molecule has 5 N–H and O–H groups in total. The first-order chi connectivity index (χ1) is 22.3. The van der Waals surface area contributed by atoms with Crippen LogP contribution >= 0.6 is 0 Å². The largest absolute Gasteiger partial charge is 0.367 e. The summed E-state index contributed by atoms with van der Waals surface area (Å²) in [6.07, 6.45) is 10.6. The Morgan fingerprint density at radius 2 is 1.87 bits per heavy atom. The number of imidazole rings is 1. The smallest absolute Gasteiger partial charge is 0.291 e. The lowest BCUT2D eigenvalue weighted by molar-refractivity contribution is -0.131. The van der Waals surface area contributed by atoms with Crippen molar-refractivity contribution in [1.82, 2.24) is 25.3 Å². The van der Waals surface area contributed by atoms with Gasteiger partial charge in [0.1, 0.15) is 17.5 Å². The molecule has 12 heteroatoms. The van der Waals surface area contributed by atoms with E-state index >= 15 is 4.39 Å². The molecule has 3 aromatic rings. The van der Waals surface area contributed by atoms with Crippen molar-refractivity contribution in [1.29, 1.82) is 0 Å². The SMILES string of the molecule is CC[C@@]1(C(=O)NC2CCCCC2)CCN(c2cc(-c3cnc(C(=O)Nc4cccc(F)c4N4CCC(CN)CC4)[nH]3)nc(C)n2)C1. The maximum absolute atomic E-state index is 15.0. The maximum Gasteiger partial charge on any atom is 0.291 e. The van der Waals surface area contributed by atoms with Crippen LogP contribution in [0.15, 0.2) is 30.5 Å². The normalized spacial score (nSPS) is 21.0. The molecule has 46 heavy (non-hydrogen) atoms. The molecule has 1 saturated carbocycles. The first kappa shape index (κ1) is 31.9. The highest BCUT2D eigenvalue weighted by atomic mass is 19.1. The number of benzene rings is 1. The van der Waals surface area contributed by atoms with E-state index in [2.05, 4.69) is 37.4 Å². The molecule has 246 valence electrons. The predicted octanol–water partition coefficient (Wildman–Crippen LogP) is 4.80. The minimum atomic E-state index is -0.475. The molecule has 1 aliphatic carbocycles. The summed E-state index contributed by atoms with van der Waals surface area (Å²) in [5.74, 6) is 1.14. The highest BCUT2D eigenvalue weighted by Gasteiger charge is 2.44. The van der Waals surface area contributed by atoms with Crippen molar-refractivity contribution in [3.8, 4) is 11.4 Å². The predicted molar refractivity (Wildman–Crippen MR) is 177 cm³/mol. The number of nitrogens with zero attached hydrogens (tertiary/aromatic N) is 5. The van der Waals surface area contributed by atoms with Crippen molar-refractivity contribution in [2.24, 2.45) is 17.1 Å². The maximum atomic E-state index is 15.0. The first-order valence-electron chi connectivity index (χ1n) is 16.8. The van der Waals surface area contributed by atoms with Crippen LogP contribution in [-0.4, -0.2) is 70.5 Å². The van der Waals surface area contributed by atoms with Crippen LogP contribution in [0.1, 0.15) is 81.2 Å². The van der Waals surface area contributed by atoms with Gasteiger partial charge in [-0.25, -0.2) is 19.3 Å². The van der Waals surface area contributed by atoms with Crippen LogP contribution in [0.3, 0.4) is 0 Å². The fourth-order valence-corrected chi connectivity index (χ4v) is 7.22. The van der Waals surface area contributed by atoms with Gasteiger partial charge in [0.2, 0.25) is 5.91 Å². The van der Waals surface area contributed by atoms with Gasteiger partial charge in [-0.15, -0.1) is 0 Å². The number of hydrogen-bond acceptors (Lipinski definition) is 8. The second-order valence-electron chi connectivity index (χ2n) is 13.2. The molecule has 2 aromatic heterocycles. The molecule has 4 heterocycles. The molecule has 1 aromatic carbocycles. The lowest BCUT2D eigenvalue weighted by Crippen LogP contribution is -2.47. The third-order valence-electron chi connectivity index (χ3n) is 10.2. The van der Waals surface area contributed by atoms with Gasteiger partial charge >= 0.3 is 0 Å². The first-order valence-corrected chi connectivity index (χ1v) is 16.8. The van der Waals surface area contributed by atoms with Crippen molar-refractivity contribution in [2.75, 3.05) is 47.8 Å². The van der Waals surface area contributed by atoms with Gasteiger partial charge in [0, 0.05) is 38.3 Å². The number of amides is 2. The third-order valence-corrected chi connectivity index (χ3v) is 10.2. The van der Waals surface area contributed by atoms with Crippen LogP contribution in [-0.2, 0) is 4.79 Å². The summed E-state index contributed by atoms with van der Waals surface area (Å²) in [7, 11) is 0. The van der Waals surface area contributed by atoms with E-state index in [0.717, 1.165) is 50.9 Å². The van der Waals surface area contributed by atoms with Gasteiger partial charge in [-0.05, 0) is 70.0 Å². The van der Waals surface area contributed by atoms with Gasteiger partial charge in [-0.2, -0.15) is 0 Å². The van der Waals surface area contributed by atoms with Crippen LogP contribution < -0.4 is 26.2 Å². The molecule has 3 fully saturated rings. The van der Waals surface area contributed by atoms with Crippen molar-refractivity contribution < 1.29 is 14.0 Å². The monoisotopic (exact) mass is 631 g/mol. The highest BCUT2D eigenvalue weighted by molar-refractivity contribution is 6.04. The van der Waals surface area contributed by atoms with Gasteiger partial charge in [-0.1, -0.05) is 32.3 Å². The Hall–Kier alpha value is -4.06. The minimum absolute atomic E-state index is 0.0930. The lowest BCUT2D eigenvalue weighted by atomic mass is 9.82. The summed E-state index contributed by atoms with van der Waals surface area (Å²) in [4.78, 5) is 47.7. The Balaban J connectivity index is 1.15. The summed E-state index contributed by atoms with van der Waals surface area (Å²) >= 11 is 0. The summed E-state index contributed by atoms with van der Waals surface area (Å²) in [5.41, 5.74) is 7.34. The number of nitrogens with two attached hydrogens (primary N) is 1. The van der Waals surface area contributed by atoms with E-state index in [1.54, 1.807) is 18.3 Å². The van der Waals surface area contributed by atoms with E-state index in [1.807, 2.05) is 17.9 Å². The molecule has 2 amide bonds. The Morgan fingerprint density at radius 1 is 1.09 bits per heavy atom. The number of piperidine rings is 1. The molecule has 3 aliphatic rings. The highest BCUT2D eigenvalue weighted by Crippen LogP contribution is 2.38. The van der Waals surface area contributed by atoms with Crippen molar-refractivity contribution >= 4 is 29.0 Å². The zero-order chi connectivity index (χ0) is 32.3. The molecular weight excluding hydrogens is 585 g/mol. The number of H-pyrrole nitrogens is 1. The number of rotatable bonds is 9. The number of aromatic amines is 1. The van der Waals surface area contributed by atoms with E-state index in [1.165, 1.54) is 25.3 Å². The fourth-order valence-electron chi connectivity index (χ4n) is 7.22. The topological polar surface area (TPSA) is 145 Å². The molecule has 1 atom stereocenters. The molecule has 0 bridgehead atoms. The van der Waals surface area contributed by atoms with E-state index in [4.69, 9.17) is 10.7 Å². The van der Waals surface area contributed by atoms with Crippen molar-refractivity contribution in [3.05, 3.63) is 47.9 Å². The average molecular weight is 632 g/mol. The second kappa shape index (κ2) is 13.7. The van der Waals surface area contributed by atoms with Crippen molar-refractivity contribution in [2.45, 2.75) is 77.7 Å².